The summed E-state index contributed by atoms with van der Waals surface area (Å²) in [5.74, 6) is 2.03. The Kier molecular flexibility index (Phi) is 5.01. The molecule has 0 aliphatic carbocycles. The first-order valence-electron chi connectivity index (χ1n) is 8.67. The predicted octanol–water partition coefficient (Wildman–Crippen LogP) is 1.80. The van der Waals surface area contributed by atoms with Crippen molar-refractivity contribution in [2.45, 2.75) is 19.9 Å². The smallest absolute Gasteiger partial charge is 0.290 e. The number of hydrogen-bond donors (Lipinski definition) is 0. The largest absolute Gasteiger partial charge is 0.465 e. The summed E-state index contributed by atoms with van der Waals surface area (Å²) in [5.41, 5.74) is 1.97. The molecule has 3 rings (SSSR count). The molecule has 1 aliphatic heterocycles. The van der Waals surface area contributed by atoms with Gasteiger partial charge in [-0.2, -0.15) is 4.98 Å². The van der Waals surface area contributed by atoms with Gasteiger partial charge in [0.1, 0.15) is 5.82 Å². The summed E-state index contributed by atoms with van der Waals surface area (Å²) < 4.78 is 10.8. The van der Waals surface area contributed by atoms with E-state index in [4.69, 9.17) is 9.15 Å². The number of aromatic nitrogens is 2. The van der Waals surface area contributed by atoms with Gasteiger partial charge in [0.15, 0.2) is 5.76 Å². The summed E-state index contributed by atoms with van der Waals surface area (Å²) in [4.78, 5) is 27.7. The van der Waals surface area contributed by atoms with Crippen LogP contribution in [0.25, 0.3) is 0 Å². The zero-order chi connectivity index (χ0) is 18.8. The molecule has 0 atom stereocenters. The number of fused-ring (bicyclic) bond motifs is 1. The average molecular weight is 359 g/mol. The standard InChI is InChI=1S/C18H25N5O3/c1-6-25-15-8-7-14(26-15)17(24)23-10-9-12-13(11-23)19-18(22(4)5)20-16(12)21(2)3/h7-8H,6,9-11H2,1-5H3. The van der Waals surface area contributed by atoms with Crippen LogP contribution in [0.4, 0.5) is 11.8 Å². The molecule has 3 heterocycles. The van der Waals surface area contributed by atoms with Crippen LogP contribution in [0, 0.1) is 0 Å². The lowest BCUT2D eigenvalue weighted by atomic mass is 10.0. The molecule has 26 heavy (non-hydrogen) atoms. The van der Waals surface area contributed by atoms with Gasteiger partial charge in [0.2, 0.25) is 5.95 Å². The Morgan fingerprint density at radius 2 is 2.00 bits per heavy atom. The summed E-state index contributed by atoms with van der Waals surface area (Å²) >= 11 is 0. The van der Waals surface area contributed by atoms with Crippen molar-refractivity contribution in [3.8, 4) is 5.95 Å². The van der Waals surface area contributed by atoms with E-state index in [0.717, 1.165) is 17.1 Å². The van der Waals surface area contributed by atoms with Crippen LogP contribution < -0.4 is 14.5 Å². The minimum atomic E-state index is -0.155. The Morgan fingerprint density at radius 3 is 2.65 bits per heavy atom. The number of ether oxygens (including phenoxy) is 1. The quantitative estimate of drug-likeness (QED) is 0.806. The first kappa shape index (κ1) is 18.0. The normalized spacial score (nSPS) is 13.3. The van der Waals surface area contributed by atoms with Gasteiger partial charge in [-0.15, -0.1) is 0 Å². The van der Waals surface area contributed by atoms with Crippen molar-refractivity contribution in [1.82, 2.24) is 14.9 Å². The van der Waals surface area contributed by atoms with Gasteiger partial charge >= 0.3 is 0 Å². The summed E-state index contributed by atoms with van der Waals surface area (Å²) in [6.45, 7) is 3.40. The summed E-state index contributed by atoms with van der Waals surface area (Å²) in [6.07, 6.45) is 0.710. The molecule has 0 fully saturated rings. The maximum atomic E-state index is 12.8. The third-order valence-electron chi connectivity index (χ3n) is 4.22. The van der Waals surface area contributed by atoms with Gasteiger partial charge in [0.05, 0.1) is 18.8 Å². The molecule has 0 bridgehead atoms. The van der Waals surface area contributed by atoms with Gasteiger partial charge < -0.3 is 23.9 Å². The van der Waals surface area contributed by atoms with Crippen molar-refractivity contribution < 1.29 is 13.9 Å². The molecule has 0 N–H and O–H groups in total. The number of carbonyl (C=O) groups is 1. The van der Waals surface area contributed by atoms with Crippen molar-refractivity contribution >= 4 is 17.7 Å². The molecule has 0 saturated carbocycles. The molecule has 0 saturated heterocycles. The van der Waals surface area contributed by atoms with Crippen molar-refractivity contribution in [3.63, 3.8) is 0 Å². The topological polar surface area (TPSA) is 74.9 Å². The van der Waals surface area contributed by atoms with Crippen molar-refractivity contribution in [1.29, 1.82) is 0 Å². The fraction of sp³-hybridized carbons (Fsp3) is 0.500. The number of nitrogens with zero attached hydrogens (tertiary/aromatic N) is 5. The number of anilines is 2. The second-order valence-corrected chi connectivity index (χ2v) is 6.59. The van der Waals surface area contributed by atoms with E-state index in [-0.39, 0.29) is 11.7 Å². The van der Waals surface area contributed by atoms with E-state index in [1.807, 2.05) is 44.9 Å². The number of rotatable bonds is 5. The van der Waals surface area contributed by atoms with Gasteiger partial charge in [-0.3, -0.25) is 4.79 Å². The molecule has 0 spiro atoms. The molecule has 0 aromatic carbocycles. The number of furan rings is 1. The summed E-state index contributed by atoms with van der Waals surface area (Å²) in [6, 6.07) is 3.32. The second kappa shape index (κ2) is 7.23. The average Bonchev–Trinajstić information content (AvgIpc) is 3.08. The maximum absolute atomic E-state index is 12.8. The highest BCUT2D eigenvalue weighted by Gasteiger charge is 2.28. The van der Waals surface area contributed by atoms with Crippen molar-refractivity contribution in [2.24, 2.45) is 0 Å². The lowest BCUT2D eigenvalue weighted by Crippen LogP contribution is -2.37. The highest BCUT2D eigenvalue weighted by Crippen LogP contribution is 2.28. The predicted molar refractivity (Wildman–Crippen MR) is 99.0 cm³/mol. The second-order valence-electron chi connectivity index (χ2n) is 6.59. The van der Waals surface area contributed by atoms with Gasteiger partial charge in [0.25, 0.3) is 11.9 Å². The third kappa shape index (κ3) is 3.44. The van der Waals surface area contributed by atoms with Crippen molar-refractivity contribution in [3.05, 3.63) is 29.2 Å². The van der Waals surface area contributed by atoms with Crippen LogP contribution >= 0.6 is 0 Å². The minimum absolute atomic E-state index is 0.155. The van der Waals surface area contributed by atoms with E-state index in [1.165, 1.54) is 0 Å². The van der Waals surface area contributed by atoms with Crippen LogP contribution in [0.5, 0.6) is 5.95 Å². The minimum Gasteiger partial charge on any atom is -0.465 e. The van der Waals surface area contributed by atoms with Gasteiger partial charge in [-0.1, -0.05) is 0 Å². The zero-order valence-electron chi connectivity index (χ0n) is 15.9. The molecular formula is C18H25N5O3. The van der Waals surface area contributed by atoms with Gasteiger partial charge in [0, 0.05) is 46.4 Å². The first-order valence-corrected chi connectivity index (χ1v) is 8.67. The Morgan fingerprint density at radius 1 is 1.23 bits per heavy atom. The molecule has 140 valence electrons. The highest BCUT2D eigenvalue weighted by atomic mass is 16.6. The van der Waals surface area contributed by atoms with Crippen LogP contribution in [0.2, 0.25) is 0 Å². The Labute approximate surface area is 153 Å². The molecule has 8 heteroatoms. The zero-order valence-corrected chi connectivity index (χ0v) is 15.9. The summed E-state index contributed by atoms with van der Waals surface area (Å²) in [7, 11) is 7.76. The Balaban J connectivity index is 1.87. The molecular weight excluding hydrogens is 334 g/mol. The van der Waals surface area contributed by atoms with E-state index in [0.29, 0.717) is 38.0 Å². The molecule has 0 unspecified atom stereocenters. The number of carbonyl (C=O) groups excluding carboxylic acids is 1. The van der Waals surface area contributed by atoms with E-state index in [2.05, 4.69) is 9.97 Å². The molecule has 1 amide bonds. The van der Waals surface area contributed by atoms with Crippen LogP contribution in [0.1, 0.15) is 28.7 Å². The van der Waals surface area contributed by atoms with Crippen LogP contribution in [-0.2, 0) is 13.0 Å². The number of hydrogen-bond acceptors (Lipinski definition) is 7. The monoisotopic (exact) mass is 359 g/mol. The van der Waals surface area contributed by atoms with E-state index in [9.17, 15) is 4.79 Å². The molecule has 8 nitrogen and oxygen atoms in total. The fourth-order valence-electron chi connectivity index (χ4n) is 2.95. The van der Waals surface area contributed by atoms with Gasteiger partial charge in [-0.25, -0.2) is 4.98 Å². The third-order valence-corrected chi connectivity index (χ3v) is 4.22. The fourth-order valence-corrected chi connectivity index (χ4v) is 2.95. The summed E-state index contributed by atoms with van der Waals surface area (Å²) in [5, 5.41) is 0. The van der Waals surface area contributed by atoms with E-state index in [1.54, 1.807) is 17.0 Å². The van der Waals surface area contributed by atoms with Gasteiger partial charge in [-0.05, 0) is 19.4 Å². The Bertz CT molecular complexity index is 800. The van der Waals surface area contributed by atoms with E-state index < -0.39 is 0 Å². The highest BCUT2D eigenvalue weighted by molar-refractivity contribution is 5.91. The van der Waals surface area contributed by atoms with Crippen molar-refractivity contribution in [2.75, 3.05) is 51.1 Å². The van der Waals surface area contributed by atoms with Crippen LogP contribution in [0.3, 0.4) is 0 Å². The first-order chi connectivity index (χ1) is 12.4. The molecule has 1 aliphatic rings. The molecule has 2 aromatic rings. The molecule has 0 radical (unpaired) electrons. The lowest BCUT2D eigenvalue weighted by molar-refractivity contribution is 0.0691. The Hall–Kier alpha value is -2.77. The van der Waals surface area contributed by atoms with E-state index >= 15 is 0 Å². The SMILES string of the molecule is CCOc1ccc(C(=O)N2CCc3c(nc(N(C)C)nc3N(C)C)C2)o1. The number of amides is 1. The lowest BCUT2D eigenvalue weighted by Gasteiger charge is -2.30. The van der Waals surface area contributed by atoms with Crippen LogP contribution in [0.15, 0.2) is 16.5 Å². The van der Waals surface area contributed by atoms with Crippen LogP contribution in [-0.4, -0.2) is 62.1 Å². The molecule has 2 aromatic heterocycles. The maximum Gasteiger partial charge on any atom is 0.290 e.